The molecule has 86 valence electrons. The molecule has 15 heavy (non-hydrogen) atoms. The SMILES string of the molecule is CCC(CC)NCCn1cc(Cl)c(C)n1. The van der Waals surface area contributed by atoms with Crippen molar-refractivity contribution in [3.63, 3.8) is 0 Å². The van der Waals surface area contributed by atoms with Gasteiger partial charge in [0.15, 0.2) is 0 Å². The summed E-state index contributed by atoms with van der Waals surface area (Å²) in [6, 6.07) is 0.622. The van der Waals surface area contributed by atoms with Crippen LogP contribution in [-0.4, -0.2) is 22.4 Å². The van der Waals surface area contributed by atoms with Crippen LogP contribution in [0.15, 0.2) is 6.20 Å². The third kappa shape index (κ3) is 3.84. The van der Waals surface area contributed by atoms with Crippen LogP contribution in [0, 0.1) is 6.92 Å². The number of nitrogens with zero attached hydrogens (tertiary/aromatic N) is 2. The van der Waals surface area contributed by atoms with Crippen LogP contribution in [0.4, 0.5) is 0 Å². The molecule has 1 aromatic heterocycles. The maximum Gasteiger partial charge on any atom is 0.0814 e. The summed E-state index contributed by atoms with van der Waals surface area (Å²) in [7, 11) is 0. The van der Waals surface area contributed by atoms with Crippen molar-refractivity contribution >= 4 is 11.6 Å². The van der Waals surface area contributed by atoms with Gasteiger partial charge in [0.05, 0.1) is 17.3 Å². The largest absolute Gasteiger partial charge is 0.312 e. The summed E-state index contributed by atoms with van der Waals surface area (Å²) in [6.45, 7) is 8.16. The van der Waals surface area contributed by atoms with Crippen LogP contribution in [0.2, 0.25) is 5.02 Å². The minimum Gasteiger partial charge on any atom is -0.312 e. The second kappa shape index (κ2) is 6.13. The van der Waals surface area contributed by atoms with Crippen molar-refractivity contribution in [3.05, 3.63) is 16.9 Å². The first-order valence-electron chi connectivity index (χ1n) is 5.60. The highest BCUT2D eigenvalue weighted by Crippen LogP contribution is 2.11. The first-order valence-corrected chi connectivity index (χ1v) is 5.98. The van der Waals surface area contributed by atoms with Crippen molar-refractivity contribution in [2.45, 2.75) is 46.2 Å². The number of nitrogens with one attached hydrogen (secondary N) is 1. The van der Waals surface area contributed by atoms with Crippen LogP contribution in [0.5, 0.6) is 0 Å². The zero-order valence-electron chi connectivity index (χ0n) is 9.76. The fourth-order valence-electron chi connectivity index (χ4n) is 1.57. The fourth-order valence-corrected chi connectivity index (χ4v) is 1.72. The number of aromatic nitrogens is 2. The number of halogens is 1. The predicted octanol–water partition coefficient (Wildman–Crippen LogP) is 2.62. The topological polar surface area (TPSA) is 29.9 Å². The van der Waals surface area contributed by atoms with Gasteiger partial charge in [0.1, 0.15) is 0 Å². The second-order valence-corrected chi connectivity index (χ2v) is 4.20. The molecule has 1 N–H and O–H groups in total. The Kier molecular flexibility index (Phi) is 5.12. The van der Waals surface area contributed by atoms with E-state index in [4.69, 9.17) is 11.6 Å². The number of hydrogen-bond donors (Lipinski definition) is 1. The Labute approximate surface area is 96.8 Å². The minimum atomic E-state index is 0.622. The quantitative estimate of drug-likeness (QED) is 0.813. The lowest BCUT2D eigenvalue weighted by molar-refractivity contribution is 0.454. The molecule has 0 atom stereocenters. The maximum absolute atomic E-state index is 5.92. The van der Waals surface area contributed by atoms with Crippen molar-refractivity contribution in [3.8, 4) is 0 Å². The second-order valence-electron chi connectivity index (χ2n) is 3.79. The molecule has 1 heterocycles. The van der Waals surface area contributed by atoms with Crippen LogP contribution in [-0.2, 0) is 6.54 Å². The highest BCUT2D eigenvalue weighted by molar-refractivity contribution is 6.31. The van der Waals surface area contributed by atoms with Gasteiger partial charge in [-0.05, 0) is 19.8 Å². The van der Waals surface area contributed by atoms with E-state index in [0.29, 0.717) is 6.04 Å². The molecule has 0 saturated carbocycles. The van der Waals surface area contributed by atoms with Crippen LogP contribution >= 0.6 is 11.6 Å². The summed E-state index contributed by atoms with van der Waals surface area (Å²) in [5.74, 6) is 0. The van der Waals surface area contributed by atoms with Crippen LogP contribution < -0.4 is 5.32 Å². The molecule has 0 amide bonds. The third-order valence-electron chi connectivity index (χ3n) is 2.65. The third-order valence-corrected chi connectivity index (χ3v) is 3.02. The Morgan fingerprint density at radius 3 is 2.60 bits per heavy atom. The minimum absolute atomic E-state index is 0.622. The molecular formula is C11H20ClN3. The van der Waals surface area contributed by atoms with Crippen molar-refractivity contribution in [2.24, 2.45) is 0 Å². The van der Waals surface area contributed by atoms with E-state index >= 15 is 0 Å². The summed E-state index contributed by atoms with van der Waals surface area (Å²) in [4.78, 5) is 0. The van der Waals surface area contributed by atoms with Crippen molar-refractivity contribution < 1.29 is 0 Å². The zero-order chi connectivity index (χ0) is 11.3. The molecule has 0 aliphatic heterocycles. The first-order chi connectivity index (χ1) is 7.17. The van der Waals surface area contributed by atoms with Gasteiger partial charge in [-0.15, -0.1) is 0 Å². The van der Waals surface area contributed by atoms with Gasteiger partial charge in [0, 0.05) is 18.8 Å². The molecule has 3 nitrogen and oxygen atoms in total. The highest BCUT2D eigenvalue weighted by atomic mass is 35.5. The van der Waals surface area contributed by atoms with E-state index in [-0.39, 0.29) is 0 Å². The van der Waals surface area contributed by atoms with Gasteiger partial charge in [-0.3, -0.25) is 4.68 Å². The van der Waals surface area contributed by atoms with Crippen LogP contribution in [0.25, 0.3) is 0 Å². The molecule has 0 aromatic carbocycles. The van der Waals surface area contributed by atoms with E-state index in [1.807, 2.05) is 17.8 Å². The monoisotopic (exact) mass is 229 g/mol. The summed E-state index contributed by atoms with van der Waals surface area (Å²) in [5.41, 5.74) is 0.902. The van der Waals surface area contributed by atoms with Gasteiger partial charge in [0.2, 0.25) is 0 Å². The Bertz CT molecular complexity index is 273. The lowest BCUT2D eigenvalue weighted by Gasteiger charge is -2.14. The van der Waals surface area contributed by atoms with Crippen LogP contribution in [0.1, 0.15) is 32.4 Å². The zero-order valence-corrected chi connectivity index (χ0v) is 10.5. The molecule has 0 unspecified atom stereocenters. The highest BCUT2D eigenvalue weighted by Gasteiger charge is 2.03. The average Bonchev–Trinajstić information content (AvgIpc) is 2.53. The van der Waals surface area contributed by atoms with E-state index in [1.54, 1.807) is 0 Å². The van der Waals surface area contributed by atoms with Crippen molar-refractivity contribution in [1.82, 2.24) is 15.1 Å². The van der Waals surface area contributed by atoms with E-state index in [2.05, 4.69) is 24.3 Å². The summed E-state index contributed by atoms with van der Waals surface area (Å²) in [5, 5.41) is 8.54. The lowest BCUT2D eigenvalue weighted by Crippen LogP contribution is -2.30. The van der Waals surface area contributed by atoms with Gasteiger partial charge in [0.25, 0.3) is 0 Å². The molecule has 0 aliphatic rings. The Morgan fingerprint density at radius 2 is 2.13 bits per heavy atom. The van der Waals surface area contributed by atoms with E-state index in [1.165, 1.54) is 12.8 Å². The Balaban J connectivity index is 2.31. The lowest BCUT2D eigenvalue weighted by atomic mass is 10.2. The molecule has 1 rings (SSSR count). The molecular weight excluding hydrogens is 210 g/mol. The van der Waals surface area contributed by atoms with E-state index in [9.17, 15) is 0 Å². The van der Waals surface area contributed by atoms with Gasteiger partial charge in [-0.25, -0.2) is 0 Å². The Morgan fingerprint density at radius 1 is 1.47 bits per heavy atom. The van der Waals surface area contributed by atoms with Gasteiger partial charge >= 0.3 is 0 Å². The molecule has 4 heteroatoms. The fraction of sp³-hybridized carbons (Fsp3) is 0.727. The van der Waals surface area contributed by atoms with E-state index in [0.717, 1.165) is 23.8 Å². The normalized spacial score (nSPS) is 11.3. The summed E-state index contributed by atoms with van der Waals surface area (Å²) >= 11 is 5.92. The van der Waals surface area contributed by atoms with Crippen LogP contribution in [0.3, 0.4) is 0 Å². The Hall–Kier alpha value is -0.540. The smallest absolute Gasteiger partial charge is 0.0814 e. The molecule has 0 bridgehead atoms. The van der Waals surface area contributed by atoms with Crippen molar-refractivity contribution in [1.29, 1.82) is 0 Å². The molecule has 0 spiro atoms. The van der Waals surface area contributed by atoms with Gasteiger partial charge in [-0.1, -0.05) is 25.4 Å². The molecule has 0 saturated heterocycles. The number of hydrogen-bond acceptors (Lipinski definition) is 2. The predicted molar refractivity (Wildman–Crippen MR) is 64.3 cm³/mol. The van der Waals surface area contributed by atoms with Gasteiger partial charge < -0.3 is 5.32 Å². The standard InChI is InChI=1S/C11H20ClN3/c1-4-10(5-2)13-6-7-15-8-11(12)9(3)14-15/h8,10,13H,4-7H2,1-3H3. The summed E-state index contributed by atoms with van der Waals surface area (Å²) < 4.78 is 1.90. The molecule has 0 fully saturated rings. The maximum atomic E-state index is 5.92. The van der Waals surface area contributed by atoms with E-state index < -0.39 is 0 Å². The molecule has 1 aromatic rings. The average molecular weight is 230 g/mol. The first kappa shape index (κ1) is 12.5. The number of rotatable bonds is 6. The summed E-state index contributed by atoms with van der Waals surface area (Å²) in [6.07, 6.45) is 4.23. The van der Waals surface area contributed by atoms with Crippen molar-refractivity contribution in [2.75, 3.05) is 6.54 Å². The number of aryl methyl sites for hydroxylation is 1. The molecule has 0 aliphatic carbocycles. The van der Waals surface area contributed by atoms with Gasteiger partial charge in [-0.2, -0.15) is 5.10 Å². The molecule has 0 radical (unpaired) electrons.